The van der Waals surface area contributed by atoms with E-state index in [-0.39, 0.29) is 36.3 Å². The number of likely N-dealkylation sites (tertiary alicyclic amines) is 1. The van der Waals surface area contributed by atoms with Crippen LogP contribution in [0.3, 0.4) is 0 Å². The molecule has 0 aromatic carbocycles. The summed E-state index contributed by atoms with van der Waals surface area (Å²) in [7, 11) is 0. The summed E-state index contributed by atoms with van der Waals surface area (Å²) in [6, 6.07) is -0.449. The van der Waals surface area contributed by atoms with Gasteiger partial charge in [-0.25, -0.2) is 0 Å². The van der Waals surface area contributed by atoms with Crippen molar-refractivity contribution in [2.45, 2.75) is 87.6 Å². The first-order chi connectivity index (χ1) is 15.0. The lowest BCUT2D eigenvalue weighted by atomic mass is 9.74. The average molecular weight is 428 g/mol. The van der Waals surface area contributed by atoms with Crippen LogP contribution in [0.5, 0.6) is 0 Å². The predicted octanol–water partition coefficient (Wildman–Crippen LogP) is 1.83. The fourth-order valence-electron chi connectivity index (χ4n) is 6.50. The van der Waals surface area contributed by atoms with Crippen LogP contribution in [0.2, 0.25) is 0 Å². The van der Waals surface area contributed by atoms with Gasteiger partial charge in [-0.05, 0) is 25.7 Å². The highest BCUT2D eigenvalue weighted by Crippen LogP contribution is 2.55. The fourth-order valence-corrected chi connectivity index (χ4v) is 6.50. The minimum Gasteiger partial charge on any atom is -0.359 e. The van der Waals surface area contributed by atoms with Crippen molar-refractivity contribution in [1.29, 1.82) is 0 Å². The second-order valence-corrected chi connectivity index (χ2v) is 9.81. The smallest absolute Gasteiger partial charge is 0.246 e. The maximum absolute atomic E-state index is 13.5. The zero-order valence-electron chi connectivity index (χ0n) is 18.1. The number of ether oxygens (including phenoxy) is 1. The Labute approximate surface area is 183 Å². The molecule has 4 fully saturated rings. The molecule has 2 saturated heterocycles. The van der Waals surface area contributed by atoms with Crippen molar-refractivity contribution in [1.82, 2.24) is 15.5 Å². The van der Waals surface area contributed by atoms with Crippen molar-refractivity contribution in [2.24, 2.45) is 11.8 Å². The molecule has 7 nitrogen and oxygen atoms in total. The number of hydrogen-bond acceptors (Lipinski definition) is 4. The highest BCUT2D eigenvalue weighted by Gasteiger charge is 2.72. The largest absolute Gasteiger partial charge is 0.359 e. The minimum atomic E-state index is -1.07. The first kappa shape index (κ1) is 20.7. The number of hydrogen-bond donors (Lipinski definition) is 2. The molecule has 0 unspecified atom stereocenters. The van der Waals surface area contributed by atoms with Crippen LogP contribution in [0.4, 0.5) is 0 Å². The van der Waals surface area contributed by atoms with Crippen molar-refractivity contribution in [2.75, 3.05) is 6.54 Å². The second-order valence-electron chi connectivity index (χ2n) is 9.81. The zero-order valence-corrected chi connectivity index (χ0v) is 18.1. The van der Waals surface area contributed by atoms with E-state index >= 15 is 0 Å². The summed E-state index contributed by atoms with van der Waals surface area (Å²) in [4.78, 5) is 41.8. The van der Waals surface area contributed by atoms with E-state index in [0.717, 1.165) is 51.4 Å². The topological polar surface area (TPSA) is 87.7 Å². The Kier molecular flexibility index (Phi) is 5.40. The van der Waals surface area contributed by atoms with Crippen LogP contribution in [0.25, 0.3) is 0 Å². The van der Waals surface area contributed by atoms with Gasteiger partial charge in [0, 0.05) is 18.6 Å². The molecule has 0 radical (unpaired) electrons. The highest BCUT2D eigenvalue weighted by molar-refractivity contribution is 6.00. The van der Waals surface area contributed by atoms with Gasteiger partial charge in [0.2, 0.25) is 17.7 Å². The summed E-state index contributed by atoms with van der Waals surface area (Å²) in [6.07, 6.45) is 14.5. The zero-order chi connectivity index (χ0) is 21.6. The minimum absolute atomic E-state index is 0.117. The summed E-state index contributed by atoms with van der Waals surface area (Å²) in [6.45, 7) is 4.04. The number of carbonyl (C=O) groups is 3. The van der Waals surface area contributed by atoms with E-state index in [1.807, 2.05) is 12.2 Å². The standard InChI is InChI=1S/C24H33N3O4/c1-2-14-27-20(22(29)26-16-8-4-3-5-9-16)24-13-12-17(31-24)18(19(24)23(27)30)21(28)25-15-10-6-7-11-15/h2,12-13,15-20H,1,3-11,14H2,(H,25,28)(H,26,29)/t17-,18+,19+,20+,24+/m1/s1. The van der Waals surface area contributed by atoms with Crippen LogP contribution in [0.15, 0.2) is 24.8 Å². The van der Waals surface area contributed by atoms with Crippen LogP contribution >= 0.6 is 0 Å². The Hall–Kier alpha value is -2.15. The van der Waals surface area contributed by atoms with Crippen LogP contribution in [-0.2, 0) is 19.1 Å². The Morgan fingerprint density at radius 3 is 2.32 bits per heavy atom. The quantitative estimate of drug-likeness (QED) is 0.633. The molecule has 5 aliphatic rings. The van der Waals surface area contributed by atoms with Crippen molar-refractivity contribution >= 4 is 17.7 Å². The number of amides is 3. The first-order valence-electron chi connectivity index (χ1n) is 11.9. The van der Waals surface area contributed by atoms with E-state index < -0.39 is 29.6 Å². The van der Waals surface area contributed by atoms with Gasteiger partial charge >= 0.3 is 0 Å². The fraction of sp³-hybridized carbons (Fsp3) is 0.708. The van der Waals surface area contributed by atoms with Gasteiger partial charge in [-0.1, -0.05) is 50.3 Å². The molecule has 7 heteroatoms. The van der Waals surface area contributed by atoms with Gasteiger partial charge in [-0.2, -0.15) is 0 Å². The number of rotatable bonds is 6. The summed E-state index contributed by atoms with van der Waals surface area (Å²) in [5.74, 6) is -1.72. The molecule has 3 heterocycles. The first-order valence-corrected chi connectivity index (χ1v) is 11.9. The van der Waals surface area contributed by atoms with E-state index in [1.54, 1.807) is 11.0 Å². The van der Waals surface area contributed by atoms with Crippen molar-refractivity contribution in [3.8, 4) is 0 Å². The third-order valence-corrected chi connectivity index (χ3v) is 7.90. The normalized spacial score (nSPS) is 37.3. The number of carbonyl (C=O) groups excluding carboxylic acids is 3. The third kappa shape index (κ3) is 3.32. The Bertz CT molecular complexity index is 799. The lowest BCUT2D eigenvalue weighted by Crippen LogP contribution is -2.56. The Morgan fingerprint density at radius 2 is 1.68 bits per heavy atom. The van der Waals surface area contributed by atoms with E-state index in [1.165, 1.54) is 6.42 Å². The molecule has 0 aromatic rings. The molecule has 5 rings (SSSR count). The maximum Gasteiger partial charge on any atom is 0.246 e. The molecule has 0 aromatic heterocycles. The summed E-state index contributed by atoms with van der Waals surface area (Å²) < 4.78 is 6.32. The van der Waals surface area contributed by atoms with Crippen molar-refractivity contribution < 1.29 is 19.1 Å². The average Bonchev–Trinajstić information content (AvgIpc) is 3.52. The van der Waals surface area contributed by atoms with Gasteiger partial charge in [0.1, 0.15) is 11.6 Å². The molecule has 5 atom stereocenters. The third-order valence-electron chi connectivity index (χ3n) is 7.90. The molecule has 2 bridgehead atoms. The van der Waals surface area contributed by atoms with Crippen LogP contribution < -0.4 is 10.6 Å². The van der Waals surface area contributed by atoms with E-state index in [0.29, 0.717) is 0 Å². The van der Waals surface area contributed by atoms with Crippen LogP contribution in [0.1, 0.15) is 57.8 Å². The van der Waals surface area contributed by atoms with E-state index in [9.17, 15) is 14.4 Å². The summed E-state index contributed by atoms with van der Waals surface area (Å²) >= 11 is 0. The van der Waals surface area contributed by atoms with Crippen molar-refractivity contribution in [3.05, 3.63) is 24.8 Å². The maximum atomic E-state index is 13.5. The Balaban J connectivity index is 1.41. The lowest BCUT2D eigenvalue weighted by Gasteiger charge is -2.33. The molecular formula is C24H33N3O4. The molecule has 2 aliphatic carbocycles. The highest BCUT2D eigenvalue weighted by atomic mass is 16.5. The number of nitrogens with one attached hydrogen (secondary N) is 2. The SMILES string of the molecule is C=CCN1C(=O)[C@@H]2[C@@H](C(=O)NC3CCCC3)[C@H]3C=C[C@@]2(O3)[C@@H]1C(=O)NC1CCCCC1. The van der Waals surface area contributed by atoms with E-state index in [4.69, 9.17) is 4.74 Å². The molecule has 31 heavy (non-hydrogen) atoms. The predicted molar refractivity (Wildman–Crippen MR) is 115 cm³/mol. The van der Waals surface area contributed by atoms with Gasteiger partial charge in [0.05, 0.1) is 17.9 Å². The number of fused-ring (bicyclic) bond motifs is 1. The van der Waals surface area contributed by atoms with Crippen LogP contribution in [-0.4, -0.2) is 59.0 Å². The molecule has 3 amide bonds. The van der Waals surface area contributed by atoms with E-state index in [2.05, 4.69) is 17.2 Å². The van der Waals surface area contributed by atoms with Gasteiger partial charge < -0.3 is 20.3 Å². The van der Waals surface area contributed by atoms with Gasteiger partial charge in [-0.15, -0.1) is 6.58 Å². The Morgan fingerprint density at radius 1 is 1.06 bits per heavy atom. The summed E-state index contributed by atoms with van der Waals surface area (Å²) in [5, 5.41) is 6.33. The molecule has 168 valence electrons. The molecule has 2 N–H and O–H groups in total. The molecule has 2 saturated carbocycles. The van der Waals surface area contributed by atoms with Gasteiger partial charge in [0.15, 0.2) is 0 Å². The van der Waals surface area contributed by atoms with Gasteiger partial charge in [0.25, 0.3) is 0 Å². The monoisotopic (exact) mass is 427 g/mol. The lowest BCUT2D eigenvalue weighted by molar-refractivity contribution is -0.141. The van der Waals surface area contributed by atoms with Crippen molar-refractivity contribution in [3.63, 3.8) is 0 Å². The number of nitrogens with zero attached hydrogens (tertiary/aromatic N) is 1. The van der Waals surface area contributed by atoms with Gasteiger partial charge in [-0.3, -0.25) is 14.4 Å². The van der Waals surface area contributed by atoms with Crippen LogP contribution in [0, 0.1) is 11.8 Å². The summed E-state index contributed by atoms with van der Waals surface area (Å²) in [5.41, 5.74) is -1.07. The molecular weight excluding hydrogens is 394 g/mol. The molecule has 3 aliphatic heterocycles. The second kappa shape index (κ2) is 8.08. The molecule has 1 spiro atoms.